The fraction of sp³-hybridized carbons (Fsp3) is 0.500. The van der Waals surface area contributed by atoms with Crippen LogP contribution in [0.2, 0.25) is 0 Å². The monoisotopic (exact) mass is 294 g/mol. The highest BCUT2D eigenvalue weighted by Gasteiger charge is 2.34. The minimum Gasteiger partial charge on any atom is -0.478 e. The Morgan fingerprint density at radius 3 is 2.71 bits per heavy atom. The second kappa shape index (κ2) is 5.33. The first-order chi connectivity index (χ1) is 9.69. The minimum absolute atomic E-state index is 0.0348. The van der Waals surface area contributed by atoms with Crippen LogP contribution in [0.25, 0.3) is 0 Å². The van der Waals surface area contributed by atoms with Gasteiger partial charge in [-0.15, -0.1) is 0 Å². The average Bonchev–Trinajstić information content (AvgIpc) is 2.35. The molecule has 0 bridgehead atoms. The number of aromatic carboxylic acids is 1. The molecule has 1 aromatic carbocycles. The third-order valence-electron chi connectivity index (χ3n) is 3.33. The van der Waals surface area contributed by atoms with Gasteiger partial charge in [0.1, 0.15) is 5.69 Å². The molecule has 0 spiro atoms. The van der Waals surface area contributed by atoms with Crippen LogP contribution in [0.5, 0.6) is 0 Å². The van der Waals surface area contributed by atoms with Gasteiger partial charge in [-0.2, -0.15) is 0 Å². The van der Waals surface area contributed by atoms with Gasteiger partial charge in [0.25, 0.3) is 5.69 Å². The van der Waals surface area contributed by atoms with Crippen molar-refractivity contribution in [2.24, 2.45) is 0 Å². The van der Waals surface area contributed by atoms with Crippen molar-refractivity contribution in [2.75, 3.05) is 18.0 Å². The van der Waals surface area contributed by atoms with Crippen molar-refractivity contribution in [3.63, 3.8) is 0 Å². The first kappa shape index (κ1) is 15.2. The van der Waals surface area contributed by atoms with Crippen LogP contribution in [-0.2, 0) is 4.74 Å². The van der Waals surface area contributed by atoms with Gasteiger partial charge in [-0.25, -0.2) is 4.79 Å². The lowest BCUT2D eigenvalue weighted by molar-refractivity contribution is -0.384. The van der Waals surface area contributed by atoms with Crippen molar-refractivity contribution in [1.29, 1.82) is 0 Å². The van der Waals surface area contributed by atoms with Crippen molar-refractivity contribution < 1.29 is 19.6 Å². The van der Waals surface area contributed by atoms with Crippen LogP contribution in [0.3, 0.4) is 0 Å². The summed E-state index contributed by atoms with van der Waals surface area (Å²) in [7, 11) is 0. The first-order valence-electron chi connectivity index (χ1n) is 6.64. The maximum atomic E-state index is 11.2. The van der Waals surface area contributed by atoms with E-state index in [9.17, 15) is 14.9 Å². The molecule has 7 nitrogen and oxygen atoms in total. The van der Waals surface area contributed by atoms with E-state index in [1.54, 1.807) is 0 Å². The van der Waals surface area contributed by atoms with E-state index in [0.29, 0.717) is 18.8 Å². The highest BCUT2D eigenvalue weighted by Crippen LogP contribution is 2.33. The molecule has 21 heavy (non-hydrogen) atoms. The van der Waals surface area contributed by atoms with Crippen LogP contribution in [0.4, 0.5) is 11.4 Å². The number of carboxylic acids is 1. The number of nitrogens with zero attached hydrogens (tertiary/aromatic N) is 2. The number of nitro groups is 1. The zero-order chi connectivity index (χ0) is 15.8. The standard InChI is InChI=1S/C14H18N2O5/c1-9-7-15(8-14(2,3)21-9)12-6-10(13(17)18)4-5-11(12)16(19)20/h4-6,9H,7-8H2,1-3H3,(H,17,18). The highest BCUT2D eigenvalue weighted by molar-refractivity contribution is 5.90. The number of carboxylic acid groups (broad SMARTS) is 1. The third kappa shape index (κ3) is 3.30. The Bertz CT molecular complexity index is 585. The number of morpholine rings is 1. The van der Waals surface area contributed by atoms with E-state index in [2.05, 4.69) is 0 Å². The van der Waals surface area contributed by atoms with Crippen LogP contribution >= 0.6 is 0 Å². The number of carbonyl (C=O) groups is 1. The fourth-order valence-corrected chi connectivity index (χ4v) is 2.70. The molecule has 0 radical (unpaired) electrons. The lowest BCUT2D eigenvalue weighted by Crippen LogP contribution is -2.52. The van der Waals surface area contributed by atoms with E-state index >= 15 is 0 Å². The molecule has 1 aromatic rings. The van der Waals surface area contributed by atoms with E-state index in [-0.39, 0.29) is 17.4 Å². The number of rotatable bonds is 3. The predicted octanol–water partition coefficient (Wildman–Crippen LogP) is 2.30. The minimum atomic E-state index is -1.10. The summed E-state index contributed by atoms with van der Waals surface area (Å²) in [5, 5.41) is 20.3. The molecule has 114 valence electrons. The molecule has 0 aromatic heterocycles. The van der Waals surface area contributed by atoms with Gasteiger partial charge in [-0.1, -0.05) is 0 Å². The maximum Gasteiger partial charge on any atom is 0.335 e. The normalized spacial score (nSPS) is 21.1. The Kier molecular flexibility index (Phi) is 3.87. The molecule has 2 rings (SSSR count). The smallest absolute Gasteiger partial charge is 0.335 e. The molecule has 1 unspecified atom stereocenters. The van der Waals surface area contributed by atoms with Crippen LogP contribution in [0, 0.1) is 10.1 Å². The Balaban J connectivity index is 2.47. The summed E-state index contributed by atoms with van der Waals surface area (Å²) >= 11 is 0. The van der Waals surface area contributed by atoms with E-state index in [4.69, 9.17) is 9.84 Å². The molecule has 1 aliphatic heterocycles. The van der Waals surface area contributed by atoms with Gasteiger partial charge in [0.2, 0.25) is 0 Å². The molecule has 1 fully saturated rings. The fourth-order valence-electron chi connectivity index (χ4n) is 2.70. The van der Waals surface area contributed by atoms with Crippen molar-refractivity contribution in [3.05, 3.63) is 33.9 Å². The Morgan fingerprint density at radius 2 is 2.19 bits per heavy atom. The molecule has 1 saturated heterocycles. The molecule has 1 aliphatic rings. The van der Waals surface area contributed by atoms with Gasteiger partial charge in [-0.05, 0) is 32.9 Å². The number of hydrogen-bond donors (Lipinski definition) is 1. The highest BCUT2D eigenvalue weighted by atomic mass is 16.6. The van der Waals surface area contributed by atoms with Gasteiger partial charge in [0.05, 0.1) is 22.2 Å². The van der Waals surface area contributed by atoms with E-state index in [1.807, 2.05) is 25.7 Å². The molecule has 0 aliphatic carbocycles. The quantitative estimate of drug-likeness (QED) is 0.679. The van der Waals surface area contributed by atoms with E-state index < -0.39 is 16.5 Å². The van der Waals surface area contributed by atoms with Crippen molar-refractivity contribution >= 4 is 17.3 Å². The molecule has 1 atom stereocenters. The zero-order valence-corrected chi connectivity index (χ0v) is 12.2. The van der Waals surface area contributed by atoms with Crippen LogP contribution in [-0.4, -0.2) is 40.8 Å². The predicted molar refractivity (Wildman–Crippen MR) is 76.9 cm³/mol. The van der Waals surface area contributed by atoms with Crippen LogP contribution in [0.1, 0.15) is 31.1 Å². The van der Waals surface area contributed by atoms with Gasteiger partial charge in [-0.3, -0.25) is 10.1 Å². The van der Waals surface area contributed by atoms with E-state index in [0.717, 1.165) is 0 Å². The number of hydrogen-bond acceptors (Lipinski definition) is 5. The van der Waals surface area contributed by atoms with Crippen molar-refractivity contribution in [3.8, 4) is 0 Å². The molecule has 1 heterocycles. The summed E-state index contributed by atoms with van der Waals surface area (Å²) in [5.41, 5.74) is -0.189. The average molecular weight is 294 g/mol. The molecule has 0 amide bonds. The third-order valence-corrected chi connectivity index (χ3v) is 3.33. The molecule has 7 heteroatoms. The number of ether oxygens (including phenoxy) is 1. The molecular formula is C14H18N2O5. The number of anilines is 1. The first-order valence-corrected chi connectivity index (χ1v) is 6.64. The summed E-state index contributed by atoms with van der Waals surface area (Å²) in [5.74, 6) is -1.10. The number of nitro benzene ring substituents is 1. The van der Waals surface area contributed by atoms with Crippen LogP contribution in [0.15, 0.2) is 18.2 Å². The summed E-state index contributed by atoms with van der Waals surface area (Å²) in [6.45, 7) is 6.64. The second-order valence-electron chi connectivity index (χ2n) is 5.83. The molecular weight excluding hydrogens is 276 g/mol. The second-order valence-corrected chi connectivity index (χ2v) is 5.83. The van der Waals surface area contributed by atoms with Gasteiger partial charge < -0.3 is 14.7 Å². The SMILES string of the molecule is CC1CN(c2cc(C(=O)O)ccc2[N+](=O)[O-])CC(C)(C)O1. The Hall–Kier alpha value is -2.15. The largest absolute Gasteiger partial charge is 0.478 e. The van der Waals surface area contributed by atoms with Gasteiger partial charge >= 0.3 is 5.97 Å². The lowest BCUT2D eigenvalue weighted by atomic mass is 10.0. The Morgan fingerprint density at radius 1 is 1.52 bits per heavy atom. The topological polar surface area (TPSA) is 92.9 Å². The zero-order valence-electron chi connectivity index (χ0n) is 12.2. The van der Waals surface area contributed by atoms with Crippen molar-refractivity contribution in [1.82, 2.24) is 0 Å². The number of benzene rings is 1. The van der Waals surface area contributed by atoms with Gasteiger partial charge in [0.15, 0.2) is 0 Å². The summed E-state index contributed by atoms with van der Waals surface area (Å²) in [6.07, 6.45) is -0.0955. The summed E-state index contributed by atoms with van der Waals surface area (Å²) in [6, 6.07) is 3.85. The van der Waals surface area contributed by atoms with E-state index in [1.165, 1.54) is 18.2 Å². The lowest BCUT2D eigenvalue weighted by Gasteiger charge is -2.42. The van der Waals surface area contributed by atoms with Crippen LogP contribution < -0.4 is 4.90 Å². The molecule has 0 saturated carbocycles. The van der Waals surface area contributed by atoms with Gasteiger partial charge in [0, 0.05) is 19.2 Å². The maximum absolute atomic E-state index is 11.2. The summed E-state index contributed by atoms with van der Waals surface area (Å²) in [4.78, 5) is 23.6. The van der Waals surface area contributed by atoms with Crippen molar-refractivity contribution in [2.45, 2.75) is 32.5 Å². The summed E-state index contributed by atoms with van der Waals surface area (Å²) < 4.78 is 5.78. The Labute approximate surface area is 122 Å². The molecule has 1 N–H and O–H groups in total.